The number of aryl methyl sites for hydroxylation is 1. The highest BCUT2D eigenvalue weighted by molar-refractivity contribution is 5.64. The number of rotatable bonds is 9. The Labute approximate surface area is 177 Å². The van der Waals surface area contributed by atoms with E-state index in [1.807, 2.05) is 50.3 Å². The van der Waals surface area contributed by atoms with Gasteiger partial charge in [-0.1, -0.05) is 13.0 Å². The van der Waals surface area contributed by atoms with Gasteiger partial charge in [0.1, 0.15) is 5.69 Å². The first-order chi connectivity index (χ1) is 14.6. The number of allylic oxidation sites excluding steroid dienone is 1. The lowest BCUT2D eigenvalue weighted by atomic mass is 10.1. The third kappa shape index (κ3) is 5.84. The van der Waals surface area contributed by atoms with Gasteiger partial charge in [-0.25, -0.2) is 9.98 Å². The fraction of sp³-hybridized carbons (Fsp3) is 0.304. The molecule has 0 spiro atoms. The van der Waals surface area contributed by atoms with E-state index in [2.05, 4.69) is 39.1 Å². The van der Waals surface area contributed by atoms with E-state index in [1.54, 1.807) is 18.6 Å². The van der Waals surface area contributed by atoms with Crippen LogP contribution in [-0.4, -0.2) is 46.8 Å². The van der Waals surface area contributed by atoms with E-state index in [9.17, 15) is 0 Å². The van der Waals surface area contributed by atoms with Crippen LogP contribution in [-0.2, 0) is 17.8 Å². The van der Waals surface area contributed by atoms with E-state index in [0.29, 0.717) is 25.0 Å². The highest BCUT2D eigenvalue weighted by atomic mass is 16.5. The fourth-order valence-electron chi connectivity index (χ4n) is 2.83. The maximum atomic E-state index is 5.79. The summed E-state index contributed by atoms with van der Waals surface area (Å²) in [7, 11) is 4.01. The summed E-state index contributed by atoms with van der Waals surface area (Å²) in [6, 6.07) is 7.79. The normalized spacial score (nSPS) is 11.9. The molecule has 7 heteroatoms. The topological polar surface area (TPSA) is 76.6 Å². The number of pyridine rings is 2. The van der Waals surface area contributed by atoms with Gasteiger partial charge < -0.3 is 14.1 Å². The van der Waals surface area contributed by atoms with Crippen LogP contribution in [0.1, 0.15) is 30.8 Å². The zero-order valence-electron chi connectivity index (χ0n) is 17.9. The Kier molecular flexibility index (Phi) is 7.45. The average molecular weight is 406 g/mol. The Bertz CT molecular complexity index is 992. The monoisotopic (exact) mass is 405 g/mol. The van der Waals surface area contributed by atoms with Crippen molar-refractivity contribution in [2.75, 3.05) is 20.7 Å². The zero-order valence-corrected chi connectivity index (χ0v) is 17.9. The molecule has 7 nitrogen and oxygen atoms in total. The molecule has 0 aliphatic rings. The quantitative estimate of drug-likeness (QED) is 0.384. The first kappa shape index (κ1) is 21.4. The van der Waals surface area contributed by atoms with Gasteiger partial charge in [0, 0.05) is 45.1 Å². The molecule has 0 aliphatic heterocycles. The van der Waals surface area contributed by atoms with Crippen LogP contribution >= 0.6 is 0 Å². The van der Waals surface area contributed by atoms with Crippen molar-refractivity contribution in [2.24, 2.45) is 4.99 Å². The highest BCUT2D eigenvalue weighted by Gasteiger charge is 2.12. The number of aliphatic imine (C=N–C) groups is 1. The van der Waals surface area contributed by atoms with Crippen LogP contribution in [0.25, 0.3) is 17.0 Å². The molecule has 0 radical (unpaired) electrons. The predicted octanol–water partition coefficient (Wildman–Crippen LogP) is 4.54. The van der Waals surface area contributed by atoms with E-state index < -0.39 is 0 Å². The second-order valence-electron chi connectivity index (χ2n) is 7.01. The van der Waals surface area contributed by atoms with Gasteiger partial charge in [0.05, 0.1) is 24.5 Å². The van der Waals surface area contributed by atoms with Crippen molar-refractivity contribution < 1.29 is 9.15 Å². The van der Waals surface area contributed by atoms with Crippen molar-refractivity contribution in [3.05, 3.63) is 66.0 Å². The molecular weight excluding hydrogens is 378 g/mol. The maximum absolute atomic E-state index is 5.79. The standard InChI is InChI=1S/C23H27N5O2/c1-5-21-23(30-22(27-21)19-7-6-10-24-13-19)25-11-12-29-16-20-9-8-18(14-26-20)17(2)15-28(3)4/h6-11,13-15H,5,12,16H2,1-4H3/b17-15+,25-11-. The third-order valence-corrected chi connectivity index (χ3v) is 4.30. The number of hydrogen-bond acceptors (Lipinski definition) is 7. The van der Waals surface area contributed by atoms with Gasteiger partial charge >= 0.3 is 0 Å². The summed E-state index contributed by atoms with van der Waals surface area (Å²) >= 11 is 0. The van der Waals surface area contributed by atoms with Crippen molar-refractivity contribution in [3.63, 3.8) is 0 Å². The van der Waals surface area contributed by atoms with Crippen molar-refractivity contribution in [1.82, 2.24) is 19.9 Å². The highest BCUT2D eigenvalue weighted by Crippen LogP contribution is 2.27. The Morgan fingerprint density at radius 2 is 2.10 bits per heavy atom. The molecule has 0 amide bonds. The molecule has 3 rings (SSSR count). The number of aromatic nitrogens is 3. The Balaban J connectivity index is 1.54. The average Bonchev–Trinajstić information content (AvgIpc) is 3.17. The molecule has 3 aromatic rings. The summed E-state index contributed by atoms with van der Waals surface area (Å²) in [5.74, 6) is 1.03. The third-order valence-electron chi connectivity index (χ3n) is 4.30. The van der Waals surface area contributed by atoms with Crippen LogP contribution in [0, 0.1) is 0 Å². The van der Waals surface area contributed by atoms with Gasteiger partial charge in [0.15, 0.2) is 0 Å². The second-order valence-corrected chi connectivity index (χ2v) is 7.01. The Morgan fingerprint density at radius 1 is 1.23 bits per heavy atom. The van der Waals surface area contributed by atoms with Crippen LogP contribution in [0.15, 0.2) is 58.5 Å². The molecule has 0 saturated carbocycles. The fourth-order valence-corrected chi connectivity index (χ4v) is 2.83. The molecule has 0 bridgehead atoms. The van der Waals surface area contributed by atoms with Crippen molar-refractivity contribution in [1.29, 1.82) is 0 Å². The van der Waals surface area contributed by atoms with Crippen molar-refractivity contribution >= 4 is 17.7 Å². The van der Waals surface area contributed by atoms with E-state index in [-0.39, 0.29) is 0 Å². The first-order valence-corrected chi connectivity index (χ1v) is 9.87. The molecule has 0 aromatic carbocycles. The Morgan fingerprint density at radius 3 is 2.77 bits per heavy atom. The second kappa shape index (κ2) is 10.5. The summed E-state index contributed by atoms with van der Waals surface area (Å²) in [4.78, 5) is 19.5. The molecule has 0 aliphatic carbocycles. The summed E-state index contributed by atoms with van der Waals surface area (Å²) in [5, 5.41) is 0. The summed E-state index contributed by atoms with van der Waals surface area (Å²) in [6.45, 7) is 4.86. The molecule has 0 fully saturated rings. The molecule has 0 N–H and O–H groups in total. The van der Waals surface area contributed by atoms with Crippen molar-refractivity contribution in [2.45, 2.75) is 26.9 Å². The lowest BCUT2D eigenvalue weighted by Crippen LogP contribution is -2.02. The molecule has 3 heterocycles. The molecule has 0 unspecified atom stereocenters. The van der Waals surface area contributed by atoms with Gasteiger partial charge in [0.2, 0.25) is 11.8 Å². The lowest BCUT2D eigenvalue weighted by molar-refractivity contribution is 0.157. The molecule has 156 valence electrons. The van der Waals surface area contributed by atoms with E-state index >= 15 is 0 Å². The summed E-state index contributed by atoms with van der Waals surface area (Å²) < 4.78 is 11.5. The summed E-state index contributed by atoms with van der Waals surface area (Å²) in [6.07, 6.45) is 9.79. The largest absolute Gasteiger partial charge is 0.418 e. The minimum Gasteiger partial charge on any atom is -0.418 e. The van der Waals surface area contributed by atoms with Gasteiger partial charge in [-0.2, -0.15) is 0 Å². The lowest BCUT2D eigenvalue weighted by Gasteiger charge is -2.08. The smallest absolute Gasteiger partial charge is 0.242 e. The maximum Gasteiger partial charge on any atom is 0.242 e. The Hall–Kier alpha value is -3.32. The van der Waals surface area contributed by atoms with E-state index in [1.165, 1.54) is 0 Å². The van der Waals surface area contributed by atoms with Crippen LogP contribution in [0.5, 0.6) is 0 Å². The van der Waals surface area contributed by atoms with Gasteiger partial charge in [-0.05, 0) is 42.7 Å². The van der Waals surface area contributed by atoms with Crippen molar-refractivity contribution in [3.8, 4) is 11.5 Å². The van der Waals surface area contributed by atoms with E-state index in [4.69, 9.17) is 9.15 Å². The van der Waals surface area contributed by atoms with Crippen LogP contribution < -0.4 is 0 Å². The number of nitrogens with zero attached hydrogens (tertiary/aromatic N) is 5. The van der Waals surface area contributed by atoms with Crippen LogP contribution in [0.3, 0.4) is 0 Å². The molecule has 0 saturated heterocycles. The minimum atomic E-state index is 0.356. The SMILES string of the molecule is CCc1nc(-c2cccnc2)oc1/N=C\COCc1ccc(/C(C)=C/N(C)C)cn1. The molecular formula is C23H27N5O2. The van der Waals surface area contributed by atoms with Crippen LogP contribution in [0.4, 0.5) is 5.88 Å². The number of hydrogen-bond donors (Lipinski definition) is 0. The van der Waals surface area contributed by atoms with Crippen LogP contribution in [0.2, 0.25) is 0 Å². The van der Waals surface area contributed by atoms with E-state index in [0.717, 1.165) is 34.5 Å². The van der Waals surface area contributed by atoms with Gasteiger partial charge in [-0.15, -0.1) is 0 Å². The van der Waals surface area contributed by atoms with Gasteiger partial charge in [0.25, 0.3) is 0 Å². The van der Waals surface area contributed by atoms with Gasteiger partial charge in [-0.3, -0.25) is 9.97 Å². The molecule has 0 atom stereocenters. The molecule has 30 heavy (non-hydrogen) atoms. The summed E-state index contributed by atoms with van der Waals surface area (Å²) in [5.41, 5.74) is 4.77. The zero-order chi connectivity index (χ0) is 21.3. The predicted molar refractivity (Wildman–Crippen MR) is 118 cm³/mol. The number of ether oxygens (including phenoxy) is 1. The number of oxazole rings is 1. The molecule has 3 aromatic heterocycles. The first-order valence-electron chi connectivity index (χ1n) is 9.87. The minimum absolute atomic E-state index is 0.356.